The Bertz CT molecular complexity index is 1530. The summed E-state index contributed by atoms with van der Waals surface area (Å²) in [6.45, 7) is 3.95. The Kier molecular flexibility index (Phi) is 6.01. The average Bonchev–Trinajstić information content (AvgIpc) is 3.50. The average molecular weight is 504 g/mol. The summed E-state index contributed by atoms with van der Waals surface area (Å²) in [5.41, 5.74) is 4.49. The maximum absolute atomic E-state index is 12.4. The number of hydrogen-bond acceptors (Lipinski definition) is 6. The summed E-state index contributed by atoms with van der Waals surface area (Å²) in [5, 5.41) is 17.2. The zero-order chi connectivity index (χ0) is 24.7. The van der Waals surface area contributed by atoms with Crippen LogP contribution in [0, 0.1) is 25.7 Å². The summed E-state index contributed by atoms with van der Waals surface area (Å²) in [6, 6.07) is 7.07. The summed E-state index contributed by atoms with van der Waals surface area (Å²) in [6.07, 6.45) is 3.78. The third-order valence-electron chi connectivity index (χ3n) is 5.80. The maximum atomic E-state index is 12.4. The van der Waals surface area contributed by atoms with Gasteiger partial charge in [0.2, 0.25) is 5.91 Å². The Labute approximate surface area is 211 Å². The van der Waals surface area contributed by atoms with Crippen molar-refractivity contribution in [3.05, 3.63) is 80.5 Å². The van der Waals surface area contributed by atoms with Crippen LogP contribution >= 0.6 is 22.9 Å². The number of nitrogens with one attached hydrogen (secondary N) is 1. The van der Waals surface area contributed by atoms with Crippen LogP contribution in [0.1, 0.15) is 51.2 Å². The smallest absolute Gasteiger partial charge is 0.222 e. The molecule has 1 amide bonds. The number of aliphatic imine (C=N–C) groups is 1. The van der Waals surface area contributed by atoms with Crippen LogP contribution in [0.25, 0.3) is 5.00 Å². The molecule has 1 N–H and O–H groups in total. The first kappa shape index (κ1) is 23.0. The lowest BCUT2D eigenvalue weighted by molar-refractivity contribution is -0.121. The van der Waals surface area contributed by atoms with Gasteiger partial charge in [0.25, 0.3) is 0 Å². The molecule has 0 fully saturated rings. The van der Waals surface area contributed by atoms with Crippen molar-refractivity contribution in [3.63, 3.8) is 0 Å². The minimum atomic E-state index is -0.495. The lowest BCUT2D eigenvalue weighted by Gasteiger charge is -2.12. The number of carbonyl (C=O) groups is 1. The van der Waals surface area contributed by atoms with E-state index in [9.17, 15) is 4.79 Å². The van der Waals surface area contributed by atoms with Gasteiger partial charge in [0, 0.05) is 36.4 Å². The van der Waals surface area contributed by atoms with Crippen LogP contribution < -0.4 is 5.32 Å². The predicted molar refractivity (Wildman–Crippen MR) is 136 cm³/mol. The van der Waals surface area contributed by atoms with Crippen molar-refractivity contribution in [1.29, 1.82) is 0 Å². The molecule has 4 heterocycles. The minimum absolute atomic E-state index is 0.119. The number of thiophene rings is 1. The van der Waals surface area contributed by atoms with Crippen LogP contribution in [0.5, 0.6) is 0 Å². The second-order valence-electron chi connectivity index (χ2n) is 8.21. The molecule has 4 aromatic rings. The van der Waals surface area contributed by atoms with Crippen molar-refractivity contribution in [3.8, 4) is 16.8 Å². The molecule has 0 spiro atoms. The van der Waals surface area contributed by atoms with E-state index in [1.807, 2.05) is 55.9 Å². The summed E-state index contributed by atoms with van der Waals surface area (Å²) >= 11 is 7.74. The van der Waals surface area contributed by atoms with Crippen molar-refractivity contribution in [2.24, 2.45) is 12.0 Å². The van der Waals surface area contributed by atoms with E-state index in [1.165, 1.54) is 0 Å². The van der Waals surface area contributed by atoms with Gasteiger partial charge >= 0.3 is 0 Å². The number of aromatic nitrogens is 5. The lowest BCUT2D eigenvalue weighted by atomic mass is 9.99. The SMILES string of the molecule is CNC(=O)C[C@@H]1N=C(c2ccc(Cl)cc2)c2c(sc(C#Cc3cnn(C)c3)c2C)-n2c(C)nnc21. The fourth-order valence-electron chi connectivity index (χ4n) is 4.03. The van der Waals surface area contributed by atoms with E-state index >= 15 is 0 Å². The number of fused-ring (bicyclic) bond motifs is 3. The first-order valence-corrected chi connectivity index (χ1v) is 12.2. The van der Waals surface area contributed by atoms with Crippen molar-refractivity contribution < 1.29 is 4.79 Å². The Morgan fingerprint density at radius 3 is 2.66 bits per heavy atom. The van der Waals surface area contributed by atoms with Gasteiger partial charge in [0.1, 0.15) is 16.9 Å². The second kappa shape index (κ2) is 9.13. The van der Waals surface area contributed by atoms with Crippen LogP contribution in [-0.2, 0) is 11.8 Å². The van der Waals surface area contributed by atoms with Gasteiger partial charge < -0.3 is 5.32 Å². The van der Waals surface area contributed by atoms with Crippen LogP contribution in [0.15, 0.2) is 41.7 Å². The van der Waals surface area contributed by atoms with Crippen LogP contribution in [-0.4, -0.2) is 43.2 Å². The minimum Gasteiger partial charge on any atom is -0.359 e. The topological polar surface area (TPSA) is 90.0 Å². The molecule has 1 aliphatic heterocycles. The molecular formula is C25H22ClN7OS. The zero-order valence-electron chi connectivity index (χ0n) is 19.6. The molecule has 0 saturated carbocycles. The van der Waals surface area contributed by atoms with E-state index in [0.29, 0.717) is 10.8 Å². The number of benzene rings is 1. The van der Waals surface area contributed by atoms with E-state index < -0.39 is 6.04 Å². The van der Waals surface area contributed by atoms with Crippen molar-refractivity contribution >= 4 is 34.6 Å². The number of halogens is 1. The number of nitrogens with zero attached hydrogens (tertiary/aromatic N) is 6. The van der Waals surface area contributed by atoms with Crippen molar-refractivity contribution in [2.45, 2.75) is 26.3 Å². The molecule has 5 rings (SSSR count). The predicted octanol–water partition coefficient (Wildman–Crippen LogP) is 3.76. The summed E-state index contributed by atoms with van der Waals surface area (Å²) in [4.78, 5) is 18.4. The quantitative estimate of drug-likeness (QED) is 0.431. The highest BCUT2D eigenvalue weighted by molar-refractivity contribution is 7.15. The zero-order valence-corrected chi connectivity index (χ0v) is 21.2. The third kappa shape index (κ3) is 4.27. The molecule has 10 heteroatoms. The molecule has 0 unspecified atom stereocenters. The highest BCUT2D eigenvalue weighted by Crippen LogP contribution is 2.39. The number of rotatable bonds is 3. The van der Waals surface area contributed by atoms with Gasteiger partial charge in [-0.15, -0.1) is 21.5 Å². The number of amides is 1. The van der Waals surface area contributed by atoms with Gasteiger partial charge in [0.15, 0.2) is 5.82 Å². The fourth-order valence-corrected chi connectivity index (χ4v) is 5.38. The normalized spacial score (nSPS) is 14.3. The second-order valence-corrected chi connectivity index (χ2v) is 9.64. The standard InChI is InChI=1S/C25H22ClN7OS/c1-14-20(10-5-16-12-28-32(4)13-16)35-25-22(14)23(17-6-8-18(26)9-7-17)29-19(11-21(34)27-3)24-31-30-15(2)33(24)25/h6-9,12-13,19H,11H2,1-4H3,(H,27,34)/t19-/m0/s1. The molecule has 1 atom stereocenters. The van der Waals surface area contributed by atoms with Gasteiger partial charge in [-0.2, -0.15) is 5.10 Å². The van der Waals surface area contributed by atoms with Crippen LogP contribution in [0.3, 0.4) is 0 Å². The Morgan fingerprint density at radius 2 is 1.97 bits per heavy atom. The molecule has 1 aliphatic rings. The Morgan fingerprint density at radius 1 is 1.20 bits per heavy atom. The molecule has 0 aliphatic carbocycles. The molecule has 0 saturated heterocycles. The van der Waals surface area contributed by atoms with Crippen LogP contribution in [0.2, 0.25) is 5.02 Å². The first-order valence-electron chi connectivity index (χ1n) is 11.0. The Hall–Kier alpha value is -3.74. The van der Waals surface area contributed by atoms with Gasteiger partial charge in [0.05, 0.1) is 28.8 Å². The molecular weight excluding hydrogens is 482 g/mol. The molecule has 3 aromatic heterocycles. The van der Waals surface area contributed by atoms with E-state index in [4.69, 9.17) is 16.6 Å². The molecule has 35 heavy (non-hydrogen) atoms. The number of aryl methyl sites for hydroxylation is 2. The van der Waals surface area contributed by atoms with E-state index in [2.05, 4.69) is 32.5 Å². The van der Waals surface area contributed by atoms with E-state index in [-0.39, 0.29) is 12.3 Å². The van der Waals surface area contributed by atoms with Gasteiger partial charge in [-0.25, -0.2) is 0 Å². The molecule has 1 aromatic carbocycles. The fraction of sp³-hybridized carbons (Fsp3) is 0.240. The van der Waals surface area contributed by atoms with Crippen molar-refractivity contribution in [1.82, 2.24) is 29.9 Å². The highest BCUT2D eigenvalue weighted by Gasteiger charge is 2.32. The van der Waals surface area contributed by atoms with Gasteiger partial charge in [-0.3, -0.25) is 19.0 Å². The molecule has 8 nitrogen and oxygen atoms in total. The molecule has 0 radical (unpaired) electrons. The Balaban J connectivity index is 1.74. The molecule has 0 bridgehead atoms. The number of carbonyl (C=O) groups excluding carboxylic acids is 1. The van der Waals surface area contributed by atoms with E-state index in [1.54, 1.807) is 29.3 Å². The summed E-state index contributed by atoms with van der Waals surface area (Å²) in [7, 11) is 3.48. The van der Waals surface area contributed by atoms with Crippen molar-refractivity contribution in [2.75, 3.05) is 7.05 Å². The summed E-state index contributed by atoms with van der Waals surface area (Å²) in [5.74, 6) is 7.76. The van der Waals surface area contributed by atoms with E-state index in [0.717, 1.165) is 43.7 Å². The third-order valence-corrected chi connectivity index (χ3v) is 7.25. The highest BCUT2D eigenvalue weighted by atomic mass is 35.5. The largest absolute Gasteiger partial charge is 0.359 e. The number of hydrogen-bond donors (Lipinski definition) is 1. The monoisotopic (exact) mass is 503 g/mol. The van der Waals surface area contributed by atoms with Crippen LogP contribution in [0.4, 0.5) is 0 Å². The lowest BCUT2D eigenvalue weighted by Crippen LogP contribution is -2.21. The van der Waals surface area contributed by atoms with Gasteiger partial charge in [-0.1, -0.05) is 35.6 Å². The van der Waals surface area contributed by atoms with Gasteiger partial charge in [-0.05, 0) is 31.5 Å². The maximum Gasteiger partial charge on any atom is 0.222 e. The first-order chi connectivity index (χ1) is 16.9. The summed E-state index contributed by atoms with van der Waals surface area (Å²) < 4.78 is 3.73. The molecule has 176 valence electrons.